The fraction of sp³-hybridized carbons (Fsp3) is 0.133. The van der Waals surface area contributed by atoms with Crippen LogP contribution in [0.2, 0.25) is 5.15 Å². The van der Waals surface area contributed by atoms with Gasteiger partial charge in [-0.1, -0.05) is 17.7 Å². The van der Waals surface area contributed by atoms with Crippen LogP contribution in [0.5, 0.6) is 0 Å². The molecule has 0 amide bonds. The van der Waals surface area contributed by atoms with Gasteiger partial charge in [0.1, 0.15) is 0 Å². The maximum atomic E-state index is 13.0. The standard InChI is InChI=1S/C15H8BrClF3N3O2S/c16-9-5-23(10-3-7(15(18,19)20)1-2-8(9)10)12-4-11(14(17)22-21-12)26-6-13(24)25/h1-5H,6H2,(H,24,25). The van der Waals surface area contributed by atoms with E-state index < -0.39 is 17.7 Å². The summed E-state index contributed by atoms with van der Waals surface area (Å²) >= 11 is 10.2. The number of aromatic nitrogens is 3. The van der Waals surface area contributed by atoms with Crippen molar-refractivity contribution in [1.82, 2.24) is 14.8 Å². The molecule has 0 radical (unpaired) electrons. The highest BCUT2D eigenvalue weighted by molar-refractivity contribution is 9.10. The zero-order valence-electron chi connectivity index (χ0n) is 12.6. The number of hydrogen-bond donors (Lipinski definition) is 1. The Hall–Kier alpha value is -1.78. The third-order valence-corrected chi connectivity index (χ3v) is 5.42. The summed E-state index contributed by atoms with van der Waals surface area (Å²) in [6, 6.07) is 4.86. The Morgan fingerprint density at radius 3 is 2.69 bits per heavy atom. The van der Waals surface area contributed by atoms with E-state index in [4.69, 9.17) is 16.7 Å². The van der Waals surface area contributed by atoms with Crippen LogP contribution in [0.4, 0.5) is 13.2 Å². The molecule has 0 aliphatic carbocycles. The van der Waals surface area contributed by atoms with Gasteiger partial charge in [-0.3, -0.25) is 9.36 Å². The molecule has 1 aromatic carbocycles. The fourth-order valence-corrected chi connectivity index (χ4v) is 3.68. The minimum atomic E-state index is -4.48. The Bertz CT molecular complexity index is 1010. The van der Waals surface area contributed by atoms with E-state index in [1.165, 1.54) is 16.7 Å². The molecule has 0 aliphatic rings. The van der Waals surface area contributed by atoms with Crippen molar-refractivity contribution >= 4 is 56.2 Å². The number of alkyl halides is 3. The summed E-state index contributed by atoms with van der Waals surface area (Å²) in [6.07, 6.45) is -2.92. The fourth-order valence-electron chi connectivity index (χ4n) is 2.26. The van der Waals surface area contributed by atoms with Gasteiger partial charge in [-0.15, -0.1) is 22.0 Å². The number of thioether (sulfide) groups is 1. The Balaban J connectivity index is 2.13. The predicted octanol–water partition coefficient (Wildman–Crippen LogP) is 5.03. The zero-order valence-corrected chi connectivity index (χ0v) is 15.7. The van der Waals surface area contributed by atoms with E-state index in [2.05, 4.69) is 26.1 Å². The van der Waals surface area contributed by atoms with E-state index in [-0.39, 0.29) is 22.2 Å². The summed E-state index contributed by atoms with van der Waals surface area (Å²) in [5.74, 6) is -1.05. The van der Waals surface area contributed by atoms with Crippen LogP contribution in [0.1, 0.15) is 5.56 Å². The van der Waals surface area contributed by atoms with Crippen LogP contribution in [0.25, 0.3) is 16.7 Å². The molecular weight excluding hydrogens is 459 g/mol. The number of hydrogen-bond acceptors (Lipinski definition) is 4. The molecule has 136 valence electrons. The van der Waals surface area contributed by atoms with Gasteiger partial charge in [0.25, 0.3) is 0 Å². The molecule has 0 spiro atoms. The number of carboxylic acids is 1. The van der Waals surface area contributed by atoms with Crippen molar-refractivity contribution in [1.29, 1.82) is 0 Å². The Labute approximate surface area is 162 Å². The van der Waals surface area contributed by atoms with Crippen LogP contribution >= 0.6 is 39.3 Å². The van der Waals surface area contributed by atoms with Gasteiger partial charge in [-0.2, -0.15) is 13.2 Å². The van der Waals surface area contributed by atoms with Crippen LogP contribution in [0.15, 0.2) is 39.8 Å². The van der Waals surface area contributed by atoms with Crippen LogP contribution in [-0.2, 0) is 11.0 Å². The van der Waals surface area contributed by atoms with E-state index >= 15 is 0 Å². The summed E-state index contributed by atoms with van der Waals surface area (Å²) in [6.45, 7) is 0. The molecule has 5 nitrogen and oxygen atoms in total. The highest BCUT2D eigenvalue weighted by Gasteiger charge is 2.31. The first-order valence-corrected chi connectivity index (χ1v) is 9.08. The molecule has 2 aromatic heterocycles. The van der Waals surface area contributed by atoms with Crippen LogP contribution in [-0.4, -0.2) is 31.6 Å². The molecule has 3 rings (SSSR count). The summed E-state index contributed by atoms with van der Waals surface area (Å²) in [5, 5.41) is 17.0. The number of benzene rings is 1. The minimum absolute atomic E-state index is 0.0199. The Kier molecular flexibility index (Phi) is 5.18. The van der Waals surface area contributed by atoms with Gasteiger partial charge in [0.2, 0.25) is 0 Å². The molecule has 0 aliphatic heterocycles. The number of halogens is 5. The molecule has 11 heteroatoms. The maximum Gasteiger partial charge on any atom is 0.416 e. The van der Waals surface area contributed by atoms with Crippen molar-refractivity contribution in [3.05, 3.63) is 45.7 Å². The van der Waals surface area contributed by atoms with Crippen molar-refractivity contribution < 1.29 is 23.1 Å². The first-order valence-electron chi connectivity index (χ1n) is 6.93. The van der Waals surface area contributed by atoms with Crippen LogP contribution in [0, 0.1) is 0 Å². The lowest BCUT2D eigenvalue weighted by atomic mass is 10.1. The summed E-state index contributed by atoms with van der Waals surface area (Å²) < 4.78 is 41.1. The number of carboxylic acid groups (broad SMARTS) is 1. The first-order chi connectivity index (χ1) is 12.2. The predicted molar refractivity (Wildman–Crippen MR) is 94.9 cm³/mol. The largest absolute Gasteiger partial charge is 0.481 e. The topological polar surface area (TPSA) is 68.0 Å². The number of rotatable bonds is 4. The molecule has 1 N–H and O–H groups in total. The SMILES string of the molecule is O=C(O)CSc1cc(-n2cc(Br)c3ccc(C(F)(F)F)cc32)nnc1Cl. The molecule has 3 aromatic rings. The summed E-state index contributed by atoms with van der Waals surface area (Å²) in [4.78, 5) is 11.1. The Morgan fingerprint density at radius 1 is 1.31 bits per heavy atom. The highest BCUT2D eigenvalue weighted by atomic mass is 79.9. The van der Waals surface area contributed by atoms with E-state index in [1.807, 2.05) is 0 Å². The molecular formula is C15H8BrClF3N3O2S. The monoisotopic (exact) mass is 465 g/mol. The van der Waals surface area contributed by atoms with Gasteiger partial charge in [-0.25, -0.2) is 0 Å². The third kappa shape index (κ3) is 3.81. The second kappa shape index (κ2) is 7.09. The van der Waals surface area contributed by atoms with Gasteiger partial charge >= 0.3 is 12.1 Å². The minimum Gasteiger partial charge on any atom is -0.481 e. The molecule has 0 saturated heterocycles. The van der Waals surface area contributed by atoms with Gasteiger partial charge in [-0.05, 0) is 34.1 Å². The number of carbonyl (C=O) groups is 1. The van der Waals surface area contributed by atoms with Gasteiger partial charge in [0.15, 0.2) is 11.0 Å². The molecule has 0 saturated carbocycles. The quantitative estimate of drug-likeness (QED) is 0.546. The average molecular weight is 467 g/mol. The van der Waals surface area contributed by atoms with E-state index in [0.29, 0.717) is 14.8 Å². The van der Waals surface area contributed by atoms with Gasteiger partial charge in [0.05, 0.1) is 21.7 Å². The molecule has 0 bridgehead atoms. The molecule has 2 heterocycles. The van der Waals surface area contributed by atoms with E-state index in [1.54, 1.807) is 6.20 Å². The zero-order chi connectivity index (χ0) is 19.1. The van der Waals surface area contributed by atoms with E-state index in [9.17, 15) is 18.0 Å². The van der Waals surface area contributed by atoms with Crippen molar-refractivity contribution in [2.24, 2.45) is 0 Å². The van der Waals surface area contributed by atoms with Crippen molar-refractivity contribution in [3.8, 4) is 5.82 Å². The smallest absolute Gasteiger partial charge is 0.416 e. The van der Waals surface area contributed by atoms with Crippen LogP contribution in [0.3, 0.4) is 0 Å². The lowest BCUT2D eigenvalue weighted by Gasteiger charge is -2.09. The van der Waals surface area contributed by atoms with Crippen molar-refractivity contribution in [2.75, 3.05) is 5.75 Å². The number of aliphatic carboxylic acids is 1. The second-order valence-corrected chi connectivity index (χ2v) is 7.35. The van der Waals surface area contributed by atoms with Crippen molar-refractivity contribution in [2.45, 2.75) is 11.1 Å². The molecule has 0 atom stereocenters. The lowest BCUT2D eigenvalue weighted by Crippen LogP contribution is -2.05. The summed E-state index contributed by atoms with van der Waals surface area (Å²) in [7, 11) is 0. The van der Waals surface area contributed by atoms with Gasteiger partial charge in [0, 0.05) is 16.1 Å². The molecule has 0 unspecified atom stereocenters. The average Bonchev–Trinajstić information content (AvgIpc) is 2.90. The number of fused-ring (bicyclic) bond motifs is 1. The highest BCUT2D eigenvalue weighted by Crippen LogP contribution is 2.36. The second-order valence-electron chi connectivity index (χ2n) is 5.12. The number of nitrogens with zero attached hydrogens (tertiary/aromatic N) is 3. The molecule has 0 fully saturated rings. The maximum absolute atomic E-state index is 13.0. The molecule has 26 heavy (non-hydrogen) atoms. The third-order valence-electron chi connectivity index (χ3n) is 3.39. The first kappa shape index (κ1) is 19.0. The van der Waals surface area contributed by atoms with Crippen molar-refractivity contribution in [3.63, 3.8) is 0 Å². The Morgan fingerprint density at radius 2 is 2.04 bits per heavy atom. The van der Waals surface area contributed by atoms with E-state index in [0.717, 1.165) is 23.9 Å². The summed E-state index contributed by atoms with van der Waals surface area (Å²) in [5.41, 5.74) is -0.517. The van der Waals surface area contributed by atoms with Gasteiger partial charge < -0.3 is 5.11 Å². The van der Waals surface area contributed by atoms with Crippen LogP contribution < -0.4 is 0 Å². The lowest BCUT2D eigenvalue weighted by molar-refractivity contribution is -0.137. The normalized spacial score (nSPS) is 11.9.